The van der Waals surface area contributed by atoms with Gasteiger partial charge in [0, 0.05) is 18.5 Å². The van der Waals surface area contributed by atoms with Crippen LogP contribution in [0.4, 0.5) is 0 Å². The Kier molecular flexibility index (Phi) is 3.17. The second kappa shape index (κ2) is 4.16. The van der Waals surface area contributed by atoms with Crippen LogP contribution in [0.3, 0.4) is 0 Å². The number of thiocarbonyl (C=S) groups is 1. The number of aromatic nitrogens is 1. The Morgan fingerprint density at radius 1 is 1.69 bits per heavy atom. The van der Waals surface area contributed by atoms with Gasteiger partial charge in [-0.1, -0.05) is 0 Å². The van der Waals surface area contributed by atoms with E-state index in [0.717, 1.165) is 11.5 Å². The molecule has 0 aliphatic rings. The largest absolute Gasteiger partial charge is 0.479 e. The molecule has 0 saturated carbocycles. The van der Waals surface area contributed by atoms with Gasteiger partial charge in [0.2, 0.25) is 10.9 Å². The van der Waals surface area contributed by atoms with Gasteiger partial charge in [-0.05, 0) is 12.2 Å². The average molecular weight is 214 g/mol. The van der Waals surface area contributed by atoms with Crippen molar-refractivity contribution in [1.82, 2.24) is 4.37 Å². The Bertz CT molecular complexity index is 367. The van der Waals surface area contributed by atoms with Gasteiger partial charge in [-0.25, -0.2) is 0 Å². The van der Waals surface area contributed by atoms with Crippen molar-refractivity contribution in [3.05, 3.63) is 5.56 Å². The zero-order valence-corrected chi connectivity index (χ0v) is 8.66. The predicted octanol–water partition coefficient (Wildman–Crippen LogP) is 1.75. The van der Waals surface area contributed by atoms with Crippen LogP contribution < -0.4 is 9.47 Å². The molecule has 68 valence electrons. The molecule has 0 bridgehead atoms. The van der Waals surface area contributed by atoms with E-state index in [4.69, 9.17) is 27.0 Å². The molecule has 13 heavy (non-hydrogen) atoms. The summed E-state index contributed by atoms with van der Waals surface area (Å²) < 4.78 is 13.8. The molecule has 0 amide bonds. The summed E-state index contributed by atoms with van der Waals surface area (Å²) in [4.78, 5) is 0. The minimum Gasteiger partial charge on any atom is -0.479 e. The summed E-state index contributed by atoms with van der Waals surface area (Å²) in [5.74, 6) is 0.277. The van der Waals surface area contributed by atoms with E-state index in [-0.39, 0.29) is 11.4 Å². The van der Waals surface area contributed by atoms with Crippen LogP contribution >= 0.6 is 23.8 Å². The molecular formula is C7H6N2O2S2. The molecule has 0 unspecified atom stereocenters. The lowest BCUT2D eigenvalue weighted by Crippen LogP contribution is -1.98. The third kappa shape index (κ3) is 2.14. The number of hydrogen-bond donors (Lipinski definition) is 0. The summed E-state index contributed by atoms with van der Waals surface area (Å²) in [7, 11) is 1.45. The lowest BCUT2D eigenvalue weighted by Gasteiger charge is -1.97. The molecule has 0 fully saturated rings. The molecular weight excluding hydrogens is 208 g/mol. The summed E-state index contributed by atoms with van der Waals surface area (Å²) in [5, 5.41) is 9.48. The quantitative estimate of drug-likeness (QED) is 0.702. The highest BCUT2D eigenvalue weighted by atomic mass is 32.1. The maximum atomic E-state index is 8.75. The van der Waals surface area contributed by atoms with E-state index in [9.17, 15) is 0 Å². The van der Waals surface area contributed by atoms with Gasteiger partial charge in [0.15, 0.2) is 10.6 Å². The number of hydrogen-bond acceptors (Lipinski definition) is 6. The van der Waals surface area contributed by atoms with Crippen LogP contribution in [0.25, 0.3) is 0 Å². The first-order chi connectivity index (χ1) is 6.19. The first-order valence-corrected chi connectivity index (χ1v) is 4.49. The second-order valence-corrected chi connectivity index (χ2v) is 3.37. The van der Waals surface area contributed by atoms with Crippen molar-refractivity contribution in [2.45, 2.75) is 6.92 Å². The molecule has 1 aromatic rings. The molecule has 6 heteroatoms. The van der Waals surface area contributed by atoms with E-state index < -0.39 is 0 Å². The highest BCUT2D eigenvalue weighted by Gasteiger charge is 2.15. The van der Waals surface area contributed by atoms with Gasteiger partial charge in [0.1, 0.15) is 6.07 Å². The Balaban J connectivity index is 3.02. The van der Waals surface area contributed by atoms with Crippen LogP contribution in [0.2, 0.25) is 0 Å². The smallest absolute Gasteiger partial charge is 0.247 e. The first-order valence-electron chi connectivity index (χ1n) is 3.31. The zero-order chi connectivity index (χ0) is 9.84. The van der Waals surface area contributed by atoms with Crippen LogP contribution in [0.5, 0.6) is 10.9 Å². The Morgan fingerprint density at radius 3 is 2.85 bits per heavy atom. The normalized spacial score (nSPS) is 9.00. The summed E-state index contributed by atoms with van der Waals surface area (Å²) in [6.45, 7) is 1.63. The van der Waals surface area contributed by atoms with Gasteiger partial charge in [-0.2, -0.15) is 9.64 Å². The van der Waals surface area contributed by atoms with Gasteiger partial charge in [0.05, 0.1) is 7.11 Å². The van der Waals surface area contributed by atoms with E-state index in [2.05, 4.69) is 4.37 Å². The number of nitriles is 1. The van der Waals surface area contributed by atoms with Crippen LogP contribution in [-0.2, 0) is 0 Å². The SMILES string of the molecule is COc1nsc(OC(C)=S)c1C#N. The van der Waals surface area contributed by atoms with Gasteiger partial charge in [-0.3, -0.25) is 0 Å². The van der Waals surface area contributed by atoms with Crippen molar-refractivity contribution >= 4 is 28.8 Å². The van der Waals surface area contributed by atoms with Crippen molar-refractivity contribution in [2.75, 3.05) is 7.11 Å². The van der Waals surface area contributed by atoms with Gasteiger partial charge in [-0.15, -0.1) is 0 Å². The molecule has 0 aliphatic carbocycles. The van der Waals surface area contributed by atoms with Crippen LogP contribution in [-0.4, -0.2) is 16.5 Å². The molecule has 0 aromatic carbocycles. The van der Waals surface area contributed by atoms with Crippen molar-refractivity contribution in [3.8, 4) is 17.0 Å². The molecule has 0 N–H and O–H groups in total. The Hall–Kier alpha value is -1.19. The molecule has 4 nitrogen and oxygen atoms in total. The summed E-state index contributed by atoms with van der Waals surface area (Å²) in [6, 6.07) is 1.94. The fourth-order valence-electron chi connectivity index (χ4n) is 0.695. The lowest BCUT2D eigenvalue weighted by molar-refractivity contribution is 0.400. The molecule has 1 heterocycles. The number of rotatable bonds is 2. The maximum Gasteiger partial charge on any atom is 0.247 e. The van der Waals surface area contributed by atoms with E-state index in [0.29, 0.717) is 10.1 Å². The number of ether oxygens (including phenoxy) is 2. The second-order valence-electron chi connectivity index (χ2n) is 2.06. The number of methoxy groups -OCH3 is 1. The molecule has 1 aromatic heterocycles. The molecule has 1 rings (SSSR count). The minimum absolute atomic E-state index is 0.277. The fraction of sp³-hybridized carbons (Fsp3) is 0.286. The molecule has 0 saturated heterocycles. The summed E-state index contributed by atoms with van der Waals surface area (Å²) >= 11 is 5.78. The lowest BCUT2D eigenvalue weighted by atomic mass is 10.4. The summed E-state index contributed by atoms with van der Waals surface area (Å²) in [5.41, 5.74) is 0.289. The topological polar surface area (TPSA) is 55.1 Å². The molecule has 0 atom stereocenters. The average Bonchev–Trinajstić information content (AvgIpc) is 2.45. The first kappa shape index (κ1) is 9.89. The monoisotopic (exact) mass is 214 g/mol. The Labute approximate surface area is 84.9 Å². The highest BCUT2D eigenvalue weighted by molar-refractivity contribution is 7.80. The van der Waals surface area contributed by atoms with Crippen LogP contribution in [0.15, 0.2) is 0 Å². The maximum absolute atomic E-state index is 8.75. The Morgan fingerprint density at radius 2 is 2.38 bits per heavy atom. The molecule has 0 spiro atoms. The number of nitrogens with zero attached hydrogens (tertiary/aromatic N) is 2. The highest BCUT2D eigenvalue weighted by Crippen LogP contribution is 2.31. The molecule has 0 aliphatic heterocycles. The van der Waals surface area contributed by atoms with Crippen molar-refractivity contribution < 1.29 is 9.47 Å². The molecule has 0 radical (unpaired) electrons. The third-order valence-electron chi connectivity index (χ3n) is 1.17. The predicted molar refractivity (Wildman–Crippen MR) is 52.3 cm³/mol. The zero-order valence-electron chi connectivity index (χ0n) is 7.03. The minimum atomic E-state index is 0.277. The van der Waals surface area contributed by atoms with Crippen molar-refractivity contribution in [1.29, 1.82) is 5.26 Å². The van der Waals surface area contributed by atoms with E-state index in [1.807, 2.05) is 6.07 Å². The van der Waals surface area contributed by atoms with Crippen LogP contribution in [0.1, 0.15) is 12.5 Å². The van der Waals surface area contributed by atoms with Gasteiger partial charge < -0.3 is 9.47 Å². The third-order valence-corrected chi connectivity index (χ3v) is 1.96. The summed E-state index contributed by atoms with van der Waals surface area (Å²) in [6.07, 6.45) is 0. The van der Waals surface area contributed by atoms with Crippen molar-refractivity contribution in [3.63, 3.8) is 0 Å². The van der Waals surface area contributed by atoms with Crippen LogP contribution in [0, 0.1) is 11.3 Å². The standard InChI is InChI=1S/C7H6N2O2S2/c1-4(12)11-7-5(3-8)6(10-2)9-13-7/h1-2H3. The van der Waals surface area contributed by atoms with E-state index in [1.165, 1.54) is 7.11 Å². The fourth-order valence-corrected chi connectivity index (χ4v) is 1.55. The van der Waals surface area contributed by atoms with Crippen molar-refractivity contribution in [2.24, 2.45) is 0 Å². The van der Waals surface area contributed by atoms with Gasteiger partial charge >= 0.3 is 0 Å². The van der Waals surface area contributed by atoms with Gasteiger partial charge in [0.25, 0.3) is 0 Å². The van der Waals surface area contributed by atoms with E-state index >= 15 is 0 Å². The van der Waals surface area contributed by atoms with E-state index in [1.54, 1.807) is 6.92 Å².